The zero-order chi connectivity index (χ0) is 17.9. The van der Waals surface area contributed by atoms with Gasteiger partial charge in [-0.2, -0.15) is 0 Å². The highest BCUT2D eigenvalue weighted by atomic mass is 16.5. The Balaban J connectivity index is 1.87. The third-order valence-corrected chi connectivity index (χ3v) is 4.78. The predicted molar refractivity (Wildman–Crippen MR) is 106 cm³/mol. The number of rotatable bonds is 11. The first kappa shape index (κ1) is 19.5. The average Bonchev–Trinajstić information content (AvgIpc) is 2.66. The van der Waals surface area contributed by atoms with Crippen LogP contribution in [0.3, 0.4) is 0 Å². The molecule has 136 valence electrons. The van der Waals surface area contributed by atoms with Crippen molar-refractivity contribution in [1.82, 2.24) is 4.98 Å². The maximum Gasteiger partial charge on any atom is 0.119 e. The summed E-state index contributed by atoms with van der Waals surface area (Å²) in [5, 5.41) is 0. The zero-order valence-electron chi connectivity index (χ0n) is 16.1. The van der Waals surface area contributed by atoms with E-state index in [1.54, 1.807) is 0 Å². The topological polar surface area (TPSA) is 22.1 Å². The number of pyridine rings is 1. The Kier molecular flexibility index (Phi) is 8.51. The van der Waals surface area contributed by atoms with Crippen LogP contribution < -0.4 is 4.74 Å². The van der Waals surface area contributed by atoms with Crippen LogP contribution in [0.5, 0.6) is 5.75 Å². The molecule has 0 saturated carbocycles. The van der Waals surface area contributed by atoms with E-state index in [1.165, 1.54) is 48.9 Å². The van der Waals surface area contributed by atoms with Gasteiger partial charge in [-0.25, -0.2) is 0 Å². The van der Waals surface area contributed by atoms with Crippen molar-refractivity contribution in [3.8, 4) is 5.75 Å². The smallest absolute Gasteiger partial charge is 0.119 e. The monoisotopic (exact) mass is 339 g/mol. The van der Waals surface area contributed by atoms with Crippen LogP contribution >= 0.6 is 0 Å². The van der Waals surface area contributed by atoms with E-state index in [-0.39, 0.29) is 0 Å². The molecule has 0 amide bonds. The maximum absolute atomic E-state index is 5.83. The third-order valence-electron chi connectivity index (χ3n) is 4.78. The molecule has 25 heavy (non-hydrogen) atoms. The standard InChI is InChI=1S/C23H33NO/c1-4-6-8-9-17-25-23-15-12-20(13-16-23)19(3)21-11-14-22(24-18-21)10-7-5-2/h11-16,18-19H,4-10,17H2,1-3H3. The molecule has 0 fully saturated rings. The largest absolute Gasteiger partial charge is 0.494 e. The zero-order valence-corrected chi connectivity index (χ0v) is 16.1. The fraction of sp³-hybridized carbons (Fsp3) is 0.522. The van der Waals surface area contributed by atoms with E-state index in [4.69, 9.17) is 4.74 Å². The highest BCUT2D eigenvalue weighted by Crippen LogP contribution is 2.25. The quantitative estimate of drug-likeness (QED) is 0.434. The van der Waals surface area contributed by atoms with E-state index in [9.17, 15) is 0 Å². The lowest BCUT2D eigenvalue weighted by Gasteiger charge is -2.14. The van der Waals surface area contributed by atoms with Crippen LogP contribution in [0.2, 0.25) is 0 Å². The second-order valence-corrected chi connectivity index (χ2v) is 6.89. The Labute approximate surface area is 153 Å². The predicted octanol–water partition coefficient (Wildman–Crippen LogP) is 6.54. The van der Waals surface area contributed by atoms with Gasteiger partial charge in [-0.15, -0.1) is 0 Å². The molecule has 0 radical (unpaired) electrons. The summed E-state index contributed by atoms with van der Waals surface area (Å²) in [5.41, 5.74) is 3.78. The minimum absolute atomic E-state index is 0.353. The van der Waals surface area contributed by atoms with Crippen LogP contribution in [0.15, 0.2) is 42.6 Å². The van der Waals surface area contributed by atoms with E-state index in [2.05, 4.69) is 62.2 Å². The first-order valence-electron chi connectivity index (χ1n) is 9.92. The molecule has 0 spiro atoms. The molecule has 1 aromatic heterocycles. The van der Waals surface area contributed by atoms with Gasteiger partial charge in [0.1, 0.15) is 5.75 Å². The summed E-state index contributed by atoms with van der Waals surface area (Å²) in [6.45, 7) is 7.51. The highest BCUT2D eigenvalue weighted by Gasteiger charge is 2.09. The molecule has 2 rings (SSSR count). The first-order valence-corrected chi connectivity index (χ1v) is 9.92. The lowest BCUT2D eigenvalue weighted by atomic mass is 9.94. The summed E-state index contributed by atoms with van der Waals surface area (Å²) in [6.07, 6.45) is 10.5. The molecule has 0 saturated heterocycles. The molecule has 2 nitrogen and oxygen atoms in total. The van der Waals surface area contributed by atoms with Gasteiger partial charge in [0, 0.05) is 17.8 Å². The fourth-order valence-corrected chi connectivity index (χ4v) is 2.96. The summed E-state index contributed by atoms with van der Waals surface area (Å²) in [7, 11) is 0. The average molecular weight is 340 g/mol. The van der Waals surface area contributed by atoms with Crippen molar-refractivity contribution in [1.29, 1.82) is 0 Å². The molecule has 0 aliphatic carbocycles. The minimum Gasteiger partial charge on any atom is -0.494 e. The van der Waals surface area contributed by atoms with E-state index in [0.717, 1.165) is 25.2 Å². The van der Waals surface area contributed by atoms with Crippen LogP contribution in [-0.4, -0.2) is 11.6 Å². The van der Waals surface area contributed by atoms with Gasteiger partial charge in [0.2, 0.25) is 0 Å². The molecule has 2 heteroatoms. The molecule has 1 aromatic carbocycles. The van der Waals surface area contributed by atoms with Gasteiger partial charge < -0.3 is 4.74 Å². The number of nitrogens with zero attached hydrogens (tertiary/aromatic N) is 1. The van der Waals surface area contributed by atoms with Crippen molar-refractivity contribution in [3.05, 3.63) is 59.4 Å². The first-order chi connectivity index (χ1) is 12.2. The molecule has 1 unspecified atom stereocenters. The second-order valence-electron chi connectivity index (χ2n) is 6.89. The number of ether oxygens (including phenoxy) is 1. The molecule has 0 aliphatic heterocycles. The fourth-order valence-electron chi connectivity index (χ4n) is 2.96. The normalized spacial score (nSPS) is 12.1. The molecule has 0 N–H and O–H groups in total. The van der Waals surface area contributed by atoms with Gasteiger partial charge >= 0.3 is 0 Å². The molecule has 1 heterocycles. The van der Waals surface area contributed by atoms with Crippen LogP contribution in [0, 0.1) is 0 Å². The molecule has 2 aromatic rings. The van der Waals surface area contributed by atoms with Crippen molar-refractivity contribution in [2.75, 3.05) is 6.61 Å². The van der Waals surface area contributed by atoms with Crippen molar-refractivity contribution in [2.45, 2.75) is 71.6 Å². The number of benzene rings is 1. The van der Waals surface area contributed by atoms with Crippen LogP contribution in [0.1, 0.15) is 82.0 Å². The number of hydrogen-bond donors (Lipinski definition) is 0. The Morgan fingerprint density at radius 1 is 0.840 bits per heavy atom. The molecule has 1 atom stereocenters. The van der Waals surface area contributed by atoms with Gasteiger partial charge in [0.25, 0.3) is 0 Å². The molecular weight excluding hydrogens is 306 g/mol. The van der Waals surface area contributed by atoms with Crippen LogP contribution in [0.4, 0.5) is 0 Å². The molecule has 0 bridgehead atoms. The van der Waals surface area contributed by atoms with Crippen molar-refractivity contribution in [3.63, 3.8) is 0 Å². The summed E-state index contributed by atoms with van der Waals surface area (Å²) in [4.78, 5) is 4.62. The van der Waals surface area contributed by atoms with Gasteiger partial charge in [0.15, 0.2) is 0 Å². The number of aryl methyl sites for hydroxylation is 1. The maximum atomic E-state index is 5.83. The summed E-state index contributed by atoms with van der Waals surface area (Å²) >= 11 is 0. The Bertz CT molecular complexity index is 588. The molecule has 0 aliphatic rings. The summed E-state index contributed by atoms with van der Waals surface area (Å²) in [5.74, 6) is 1.33. The Hall–Kier alpha value is -1.83. The van der Waals surface area contributed by atoms with Crippen molar-refractivity contribution < 1.29 is 4.74 Å². The van der Waals surface area contributed by atoms with Crippen LogP contribution in [-0.2, 0) is 6.42 Å². The van der Waals surface area contributed by atoms with Crippen molar-refractivity contribution >= 4 is 0 Å². The van der Waals surface area contributed by atoms with Crippen LogP contribution in [0.25, 0.3) is 0 Å². The number of hydrogen-bond acceptors (Lipinski definition) is 2. The lowest BCUT2D eigenvalue weighted by molar-refractivity contribution is 0.305. The van der Waals surface area contributed by atoms with E-state index in [0.29, 0.717) is 5.92 Å². The third kappa shape index (κ3) is 6.53. The SMILES string of the molecule is CCCCCCOc1ccc(C(C)c2ccc(CCCC)nc2)cc1. The van der Waals surface area contributed by atoms with E-state index >= 15 is 0 Å². The Morgan fingerprint density at radius 3 is 2.20 bits per heavy atom. The second kappa shape index (κ2) is 10.9. The summed E-state index contributed by atoms with van der Waals surface area (Å²) < 4.78 is 5.83. The van der Waals surface area contributed by atoms with Crippen molar-refractivity contribution in [2.24, 2.45) is 0 Å². The Morgan fingerprint density at radius 2 is 1.56 bits per heavy atom. The lowest BCUT2D eigenvalue weighted by Crippen LogP contribution is -2.00. The highest BCUT2D eigenvalue weighted by molar-refractivity contribution is 5.34. The van der Waals surface area contributed by atoms with E-state index < -0.39 is 0 Å². The number of unbranched alkanes of at least 4 members (excludes halogenated alkanes) is 4. The van der Waals surface area contributed by atoms with E-state index in [1.807, 2.05) is 6.20 Å². The number of aromatic nitrogens is 1. The van der Waals surface area contributed by atoms with Gasteiger partial charge in [-0.05, 0) is 48.6 Å². The molecular formula is C23H33NO. The van der Waals surface area contributed by atoms with Gasteiger partial charge in [-0.1, -0.05) is 64.7 Å². The van der Waals surface area contributed by atoms with Gasteiger partial charge in [0.05, 0.1) is 6.61 Å². The summed E-state index contributed by atoms with van der Waals surface area (Å²) in [6, 6.07) is 12.9. The van der Waals surface area contributed by atoms with Gasteiger partial charge in [-0.3, -0.25) is 4.98 Å². The minimum atomic E-state index is 0.353.